The predicted molar refractivity (Wildman–Crippen MR) is 109 cm³/mol. The molecule has 0 bridgehead atoms. The van der Waals surface area contributed by atoms with Gasteiger partial charge in [-0.1, -0.05) is 41.9 Å². The van der Waals surface area contributed by atoms with Crippen molar-refractivity contribution in [1.82, 2.24) is 0 Å². The van der Waals surface area contributed by atoms with Crippen LogP contribution in [-0.4, -0.2) is 20.9 Å². The average molecular weight is 435 g/mol. The first-order valence-electron chi connectivity index (χ1n) is 8.40. The summed E-state index contributed by atoms with van der Waals surface area (Å²) in [5, 5.41) is 2.77. The summed E-state index contributed by atoms with van der Waals surface area (Å²) in [7, 11) is -3.92. The molecule has 0 saturated heterocycles. The van der Waals surface area contributed by atoms with Crippen molar-refractivity contribution >= 4 is 38.9 Å². The summed E-state index contributed by atoms with van der Waals surface area (Å²) in [5.74, 6) is -1.20. The highest BCUT2D eigenvalue weighted by Crippen LogP contribution is 2.25. The fourth-order valence-electron chi connectivity index (χ4n) is 2.39. The Hall–Kier alpha value is -3.10. The number of rotatable bonds is 7. The molecule has 0 aliphatic heterocycles. The molecular formula is C20H16ClFN2O4S. The zero-order valence-corrected chi connectivity index (χ0v) is 16.5. The van der Waals surface area contributed by atoms with Gasteiger partial charge in [0.15, 0.2) is 18.2 Å². The number of ether oxygens (including phenoxy) is 1. The van der Waals surface area contributed by atoms with Crippen molar-refractivity contribution in [2.24, 2.45) is 0 Å². The van der Waals surface area contributed by atoms with E-state index in [1.807, 2.05) is 0 Å². The number of para-hydroxylation sites is 2. The molecule has 2 N–H and O–H groups in total. The Bertz CT molecular complexity index is 1140. The van der Waals surface area contributed by atoms with Crippen molar-refractivity contribution in [2.75, 3.05) is 16.6 Å². The Morgan fingerprint density at radius 1 is 1.00 bits per heavy atom. The number of amides is 1. The topological polar surface area (TPSA) is 84.5 Å². The first-order valence-corrected chi connectivity index (χ1v) is 10.3. The Balaban J connectivity index is 1.68. The van der Waals surface area contributed by atoms with Crippen molar-refractivity contribution in [3.63, 3.8) is 0 Å². The number of halogens is 2. The molecule has 6 nitrogen and oxygen atoms in total. The van der Waals surface area contributed by atoms with E-state index in [-0.39, 0.29) is 27.0 Å². The van der Waals surface area contributed by atoms with Gasteiger partial charge in [-0.2, -0.15) is 0 Å². The van der Waals surface area contributed by atoms with E-state index in [4.69, 9.17) is 16.3 Å². The second-order valence-corrected chi connectivity index (χ2v) is 7.97. The monoisotopic (exact) mass is 434 g/mol. The van der Waals surface area contributed by atoms with Gasteiger partial charge in [-0.15, -0.1) is 0 Å². The molecule has 3 aromatic rings. The molecule has 0 aliphatic rings. The van der Waals surface area contributed by atoms with E-state index in [1.54, 1.807) is 24.3 Å². The maximum atomic E-state index is 13.5. The van der Waals surface area contributed by atoms with E-state index >= 15 is 0 Å². The normalized spacial score (nSPS) is 11.0. The highest BCUT2D eigenvalue weighted by atomic mass is 35.5. The van der Waals surface area contributed by atoms with E-state index in [2.05, 4.69) is 10.0 Å². The number of carbonyl (C=O) groups is 1. The van der Waals surface area contributed by atoms with Gasteiger partial charge in [-0.05, 0) is 42.5 Å². The van der Waals surface area contributed by atoms with Crippen LogP contribution in [0.5, 0.6) is 5.75 Å². The van der Waals surface area contributed by atoms with Crippen molar-refractivity contribution in [2.45, 2.75) is 4.90 Å². The van der Waals surface area contributed by atoms with Crippen LogP contribution < -0.4 is 14.8 Å². The molecule has 29 heavy (non-hydrogen) atoms. The Kier molecular flexibility index (Phi) is 6.36. The van der Waals surface area contributed by atoms with Crippen LogP contribution in [0, 0.1) is 5.82 Å². The number of sulfonamides is 1. The Morgan fingerprint density at radius 2 is 1.72 bits per heavy atom. The van der Waals surface area contributed by atoms with Gasteiger partial charge in [-0.25, -0.2) is 12.8 Å². The maximum Gasteiger partial charge on any atom is 0.262 e. The minimum atomic E-state index is -3.92. The third kappa shape index (κ3) is 5.46. The maximum absolute atomic E-state index is 13.5. The van der Waals surface area contributed by atoms with Gasteiger partial charge >= 0.3 is 0 Å². The van der Waals surface area contributed by atoms with E-state index < -0.39 is 28.4 Å². The number of hydrogen-bond acceptors (Lipinski definition) is 4. The minimum Gasteiger partial charge on any atom is -0.481 e. The Labute approximate surface area is 172 Å². The molecule has 0 atom stereocenters. The molecule has 1 amide bonds. The molecule has 0 aromatic heterocycles. The van der Waals surface area contributed by atoms with Gasteiger partial charge in [0, 0.05) is 5.69 Å². The molecule has 0 unspecified atom stereocenters. The van der Waals surface area contributed by atoms with E-state index in [9.17, 15) is 17.6 Å². The van der Waals surface area contributed by atoms with Crippen molar-refractivity contribution in [3.05, 3.63) is 83.6 Å². The van der Waals surface area contributed by atoms with Crippen molar-refractivity contribution < 1.29 is 22.3 Å². The molecule has 150 valence electrons. The summed E-state index contributed by atoms with van der Waals surface area (Å²) >= 11 is 5.99. The molecule has 0 saturated carbocycles. The summed E-state index contributed by atoms with van der Waals surface area (Å²) in [5.41, 5.74) is 0.482. The molecule has 0 radical (unpaired) electrons. The second-order valence-electron chi connectivity index (χ2n) is 5.88. The fourth-order valence-corrected chi connectivity index (χ4v) is 3.76. The first-order chi connectivity index (χ1) is 13.8. The lowest BCUT2D eigenvalue weighted by Gasteiger charge is -2.11. The number of carbonyl (C=O) groups excluding carboxylic acids is 1. The zero-order valence-electron chi connectivity index (χ0n) is 14.9. The second kappa shape index (κ2) is 8.93. The molecule has 0 fully saturated rings. The van der Waals surface area contributed by atoms with E-state index in [1.165, 1.54) is 48.5 Å². The van der Waals surface area contributed by atoms with Crippen LogP contribution >= 0.6 is 11.6 Å². The average Bonchev–Trinajstić information content (AvgIpc) is 2.69. The van der Waals surface area contributed by atoms with Crippen molar-refractivity contribution in [3.8, 4) is 5.75 Å². The molecule has 9 heteroatoms. The number of anilines is 2. The van der Waals surface area contributed by atoms with Crippen LogP contribution in [0.3, 0.4) is 0 Å². The largest absolute Gasteiger partial charge is 0.481 e. The third-order valence-corrected chi connectivity index (χ3v) is 5.43. The van der Waals surface area contributed by atoms with Crippen LogP contribution in [-0.2, 0) is 14.8 Å². The highest BCUT2D eigenvalue weighted by molar-refractivity contribution is 7.92. The number of nitrogens with one attached hydrogen (secondary N) is 2. The van der Waals surface area contributed by atoms with Crippen molar-refractivity contribution in [1.29, 1.82) is 0 Å². The SMILES string of the molecule is O=C(COc1ccccc1F)Nc1cccc(S(=O)(=O)Nc2ccccc2Cl)c1. The molecule has 0 aliphatic carbocycles. The van der Waals surface area contributed by atoms with Crippen LogP contribution in [0.15, 0.2) is 77.7 Å². The van der Waals surface area contributed by atoms with Crippen LogP contribution in [0.25, 0.3) is 0 Å². The van der Waals surface area contributed by atoms with Gasteiger partial charge in [0.05, 0.1) is 15.6 Å². The lowest BCUT2D eigenvalue weighted by Crippen LogP contribution is -2.21. The van der Waals surface area contributed by atoms with Crippen LogP contribution in [0.2, 0.25) is 5.02 Å². The summed E-state index contributed by atoms with van der Waals surface area (Å²) in [6.45, 7) is -0.435. The molecular weight excluding hydrogens is 419 g/mol. The van der Waals surface area contributed by atoms with E-state index in [0.717, 1.165) is 0 Å². The lowest BCUT2D eigenvalue weighted by molar-refractivity contribution is -0.118. The zero-order chi connectivity index (χ0) is 20.9. The standard InChI is InChI=1S/C20H16ClFN2O4S/c21-16-8-1-3-10-18(16)24-29(26,27)15-7-5-6-14(12-15)23-20(25)13-28-19-11-4-2-9-17(19)22/h1-12,24H,13H2,(H,23,25). The highest BCUT2D eigenvalue weighted by Gasteiger charge is 2.16. The summed E-state index contributed by atoms with van der Waals surface area (Å²) in [6, 6.07) is 17.8. The quantitative estimate of drug-likeness (QED) is 0.580. The molecule has 3 aromatic carbocycles. The van der Waals surface area contributed by atoms with Gasteiger partial charge in [0.2, 0.25) is 0 Å². The van der Waals surface area contributed by atoms with Gasteiger partial charge < -0.3 is 10.1 Å². The molecule has 3 rings (SSSR count). The smallest absolute Gasteiger partial charge is 0.262 e. The van der Waals surface area contributed by atoms with Gasteiger partial charge in [-0.3, -0.25) is 9.52 Å². The van der Waals surface area contributed by atoms with Crippen LogP contribution in [0.4, 0.5) is 15.8 Å². The van der Waals surface area contributed by atoms with Gasteiger partial charge in [0.1, 0.15) is 0 Å². The van der Waals surface area contributed by atoms with E-state index in [0.29, 0.717) is 0 Å². The fraction of sp³-hybridized carbons (Fsp3) is 0.0500. The molecule has 0 spiro atoms. The Morgan fingerprint density at radius 3 is 2.48 bits per heavy atom. The first kappa shape index (κ1) is 20.6. The summed E-state index contributed by atoms with van der Waals surface area (Å²) in [4.78, 5) is 12.0. The van der Waals surface area contributed by atoms with Crippen LogP contribution in [0.1, 0.15) is 0 Å². The number of hydrogen-bond donors (Lipinski definition) is 2. The third-order valence-electron chi connectivity index (χ3n) is 3.74. The predicted octanol–water partition coefficient (Wildman–Crippen LogP) is 4.30. The lowest BCUT2D eigenvalue weighted by atomic mass is 10.3. The van der Waals surface area contributed by atoms with Gasteiger partial charge in [0.25, 0.3) is 15.9 Å². The molecule has 0 heterocycles. The number of benzene rings is 3. The summed E-state index contributed by atoms with van der Waals surface area (Å²) < 4.78 is 46.2. The summed E-state index contributed by atoms with van der Waals surface area (Å²) in [6.07, 6.45) is 0. The minimum absolute atomic E-state index is 0.0529.